The fourth-order valence-electron chi connectivity index (χ4n) is 3.04. The summed E-state index contributed by atoms with van der Waals surface area (Å²) in [4.78, 5) is 2.49. The second kappa shape index (κ2) is 7.06. The van der Waals surface area contributed by atoms with E-state index in [4.69, 9.17) is 0 Å². The summed E-state index contributed by atoms with van der Waals surface area (Å²) in [6.45, 7) is 4.42. The van der Waals surface area contributed by atoms with Crippen molar-refractivity contribution in [1.29, 1.82) is 0 Å². The van der Waals surface area contributed by atoms with Crippen molar-refractivity contribution in [3.05, 3.63) is 18.0 Å². The molecule has 1 aliphatic rings. The Kier molecular flexibility index (Phi) is 5.40. The van der Waals surface area contributed by atoms with E-state index < -0.39 is 0 Å². The lowest BCUT2D eigenvalue weighted by molar-refractivity contribution is 0.168. The second-order valence-corrected chi connectivity index (χ2v) is 5.90. The number of nitrogens with zero attached hydrogens (tertiary/aromatic N) is 3. The summed E-state index contributed by atoms with van der Waals surface area (Å²) in [5.74, 6) is 0. The van der Waals surface area contributed by atoms with Crippen molar-refractivity contribution < 1.29 is 0 Å². The monoisotopic (exact) mass is 264 g/mol. The number of nitrogens with one attached hydrogen (secondary N) is 1. The average Bonchev–Trinajstić information content (AvgIpc) is 2.82. The molecular formula is C15H28N4. The minimum absolute atomic E-state index is 0.736. The molecule has 0 radical (unpaired) electrons. The maximum Gasteiger partial charge on any atom is 0.0534 e. The zero-order chi connectivity index (χ0) is 13.7. The van der Waals surface area contributed by atoms with Crippen molar-refractivity contribution in [2.24, 2.45) is 7.05 Å². The van der Waals surface area contributed by atoms with Crippen molar-refractivity contribution in [1.82, 2.24) is 20.0 Å². The molecule has 0 unspecified atom stereocenters. The third-order valence-electron chi connectivity index (χ3n) is 4.19. The standard InChI is InChI=1S/C15H28N4/c1-4-9-16-14-5-7-15(8-6-14)18(2)11-13-10-17-19(3)12-13/h10,12,14-16H,4-9,11H2,1-3H3. The van der Waals surface area contributed by atoms with Gasteiger partial charge < -0.3 is 5.32 Å². The Morgan fingerprint density at radius 1 is 1.37 bits per heavy atom. The fraction of sp³-hybridized carbons (Fsp3) is 0.800. The molecule has 4 nitrogen and oxygen atoms in total. The van der Waals surface area contributed by atoms with Gasteiger partial charge in [0.1, 0.15) is 0 Å². The van der Waals surface area contributed by atoms with Crippen LogP contribution >= 0.6 is 0 Å². The molecule has 1 heterocycles. The van der Waals surface area contributed by atoms with Crippen LogP contribution in [0.3, 0.4) is 0 Å². The van der Waals surface area contributed by atoms with E-state index in [1.54, 1.807) is 0 Å². The van der Waals surface area contributed by atoms with Gasteiger partial charge in [-0.1, -0.05) is 6.92 Å². The van der Waals surface area contributed by atoms with Crippen LogP contribution in [0.4, 0.5) is 0 Å². The van der Waals surface area contributed by atoms with Crippen LogP contribution in [0.1, 0.15) is 44.6 Å². The Bertz CT molecular complexity index is 366. The molecule has 0 aliphatic heterocycles. The summed E-state index contributed by atoms with van der Waals surface area (Å²) >= 11 is 0. The van der Waals surface area contributed by atoms with Gasteiger partial charge in [0.2, 0.25) is 0 Å². The minimum atomic E-state index is 0.736. The van der Waals surface area contributed by atoms with Gasteiger partial charge in [0, 0.05) is 37.4 Å². The van der Waals surface area contributed by atoms with Gasteiger partial charge in [-0.25, -0.2) is 0 Å². The first kappa shape index (κ1) is 14.5. The molecule has 0 saturated heterocycles. The lowest BCUT2D eigenvalue weighted by atomic mass is 9.90. The lowest BCUT2D eigenvalue weighted by Crippen LogP contribution is -2.40. The highest BCUT2D eigenvalue weighted by Gasteiger charge is 2.23. The maximum absolute atomic E-state index is 4.24. The van der Waals surface area contributed by atoms with Crippen LogP contribution in [0.2, 0.25) is 0 Å². The normalized spacial score (nSPS) is 24.0. The van der Waals surface area contributed by atoms with Gasteiger partial charge >= 0.3 is 0 Å². The van der Waals surface area contributed by atoms with Crippen molar-refractivity contribution in [3.8, 4) is 0 Å². The summed E-state index contributed by atoms with van der Waals surface area (Å²) in [5.41, 5.74) is 1.32. The van der Waals surface area contributed by atoms with Gasteiger partial charge in [0.05, 0.1) is 6.20 Å². The zero-order valence-corrected chi connectivity index (χ0v) is 12.6. The van der Waals surface area contributed by atoms with E-state index in [1.807, 2.05) is 17.9 Å². The van der Waals surface area contributed by atoms with Crippen molar-refractivity contribution in [2.45, 2.75) is 57.7 Å². The van der Waals surface area contributed by atoms with E-state index in [-0.39, 0.29) is 0 Å². The lowest BCUT2D eigenvalue weighted by Gasteiger charge is -2.34. The Labute approximate surface area is 117 Å². The molecule has 0 bridgehead atoms. The topological polar surface area (TPSA) is 33.1 Å². The number of rotatable bonds is 6. The third kappa shape index (κ3) is 4.32. The third-order valence-corrected chi connectivity index (χ3v) is 4.19. The molecule has 1 aromatic heterocycles. The van der Waals surface area contributed by atoms with Crippen LogP contribution in [0.25, 0.3) is 0 Å². The summed E-state index contributed by atoms with van der Waals surface area (Å²) in [6, 6.07) is 1.49. The molecule has 1 N–H and O–H groups in total. The molecule has 0 atom stereocenters. The number of hydrogen-bond acceptors (Lipinski definition) is 3. The van der Waals surface area contributed by atoms with Gasteiger partial charge in [0.15, 0.2) is 0 Å². The Hall–Kier alpha value is -0.870. The molecular weight excluding hydrogens is 236 g/mol. The quantitative estimate of drug-likeness (QED) is 0.855. The largest absolute Gasteiger partial charge is 0.314 e. The Morgan fingerprint density at radius 2 is 2.11 bits per heavy atom. The van der Waals surface area contributed by atoms with E-state index in [2.05, 4.69) is 35.5 Å². The first-order valence-corrected chi connectivity index (χ1v) is 7.60. The highest BCUT2D eigenvalue weighted by atomic mass is 15.2. The maximum atomic E-state index is 4.24. The summed E-state index contributed by atoms with van der Waals surface area (Å²) in [5, 5.41) is 7.89. The molecule has 1 fully saturated rings. The van der Waals surface area contributed by atoms with Gasteiger partial charge in [-0.15, -0.1) is 0 Å². The zero-order valence-electron chi connectivity index (χ0n) is 12.6. The van der Waals surface area contributed by atoms with Crippen molar-refractivity contribution >= 4 is 0 Å². The van der Waals surface area contributed by atoms with Crippen LogP contribution in [-0.2, 0) is 13.6 Å². The molecule has 0 aromatic carbocycles. The number of aryl methyl sites for hydroxylation is 1. The molecule has 2 rings (SSSR count). The molecule has 1 aliphatic carbocycles. The van der Waals surface area contributed by atoms with Crippen LogP contribution < -0.4 is 5.32 Å². The first-order chi connectivity index (χ1) is 9.19. The molecule has 19 heavy (non-hydrogen) atoms. The fourth-order valence-corrected chi connectivity index (χ4v) is 3.04. The Morgan fingerprint density at radius 3 is 2.68 bits per heavy atom. The molecule has 0 amide bonds. The average molecular weight is 264 g/mol. The van der Waals surface area contributed by atoms with Crippen molar-refractivity contribution in [3.63, 3.8) is 0 Å². The Balaban J connectivity index is 1.74. The van der Waals surface area contributed by atoms with E-state index >= 15 is 0 Å². The van der Waals surface area contributed by atoms with Gasteiger partial charge in [-0.2, -0.15) is 5.10 Å². The van der Waals surface area contributed by atoms with Crippen LogP contribution in [0.5, 0.6) is 0 Å². The smallest absolute Gasteiger partial charge is 0.0534 e. The van der Waals surface area contributed by atoms with Crippen LogP contribution in [-0.4, -0.2) is 40.4 Å². The summed E-state index contributed by atoms with van der Waals surface area (Å²) < 4.78 is 1.88. The van der Waals surface area contributed by atoms with Gasteiger partial charge in [-0.05, 0) is 45.7 Å². The van der Waals surface area contributed by atoms with E-state index in [1.165, 1.54) is 44.2 Å². The van der Waals surface area contributed by atoms with Crippen LogP contribution in [0.15, 0.2) is 12.4 Å². The van der Waals surface area contributed by atoms with E-state index in [0.29, 0.717) is 0 Å². The molecule has 108 valence electrons. The van der Waals surface area contributed by atoms with Crippen LogP contribution in [0, 0.1) is 0 Å². The predicted octanol–water partition coefficient (Wildman–Crippen LogP) is 2.16. The van der Waals surface area contributed by atoms with Crippen molar-refractivity contribution in [2.75, 3.05) is 13.6 Å². The highest BCUT2D eigenvalue weighted by Crippen LogP contribution is 2.23. The molecule has 1 saturated carbocycles. The van der Waals surface area contributed by atoms with E-state index in [0.717, 1.165) is 18.6 Å². The highest BCUT2D eigenvalue weighted by molar-refractivity contribution is 5.03. The van der Waals surface area contributed by atoms with Gasteiger partial charge in [0.25, 0.3) is 0 Å². The molecule has 4 heteroatoms. The second-order valence-electron chi connectivity index (χ2n) is 5.90. The summed E-state index contributed by atoms with van der Waals surface area (Å²) in [7, 11) is 4.23. The minimum Gasteiger partial charge on any atom is -0.314 e. The predicted molar refractivity (Wildman–Crippen MR) is 79.0 cm³/mol. The SMILES string of the molecule is CCCNC1CCC(N(C)Cc2cnn(C)c2)CC1. The number of hydrogen-bond donors (Lipinski definition) is 1. The molecule has 1 aromatic rings. The summed E-state index contributed by atoms with van der Waals surface area (Å²) in [6.07, 6.45) is 10.6. The molecule has 0 spiro atoms. The van der Waals surface area contributed by atoms with E-state index in [9.17, 15) is 0 Å². The van der Waals surface area contributed by atoms with Gasteiger partial charge in [-0.3, -0.25) is 9.58 Å². The number of aromatic nitrogens is 2. The first-order valence-electron chi connectivity index (χ1n) is 7.60.